The zero-order valence-electron chi connectivity index (χ0n) is 6.57. The van der Waals surface area contributed by atoms with Gasteiger partial charge in [0.2, 0.25) is 5.91 Å². The van der Waals surface area contributed by atoms with Crippen LogP contribution < -0.4 is 0 Å². The molecule has 1 N–H and O–H groups in total. The van der Waals surface area contributed by atoms with Crippen LogP contribution in [0.1, 0.15) is 20.3 Å². The van der Waals surface area contributed by atoms with Crippen molar-refractivity contribution in [3.05, 3.63) is 0 Å². The smallest absolute Gasteiger partial charge is 0.414 e. The maximum atomic E-state index is 10.7. The second kappa shape index (κ2) is 2.53. The minimum absolute atomic E-state index is 0.0972. The second-order valence-corrected chi connectivity index (χ2v) is 3.06. The Labute approximate surface area is 64.8 Å². The van der Waals surface area contributed by atoms with Crippen molar-refractivity contribution in [2.24, 2.45) is 5.92 Å². The van der Waals surface area contributed by atoms with Gasteiger partial charge in [0.1, 0.15) is 0 Å². The molecule has 0 radical (unpaired) electrons. The molecule has 4 heteroatoms. The molecule has 2 amide bonds. The highest BCUT2D eigenvalue weighted by Gasteiger charge is 2.42. The molecule has 0 saturated carbocycles. The standard InChI is InChI=1S/C7H11NO3/c1-4(2)5-3-6(9)8(5)7(10)11/h4-5H,3H2,1-2H3,(H,10,11). The Morgan fingerprint density at radius 3 is 2.45 bits per heavy atom. The third-order valence-corrected chi connectivity index (χ3v) is 1.96. The fraction of sp³-hybridized carbons (Fsp3) is 0.714. The highest BCUT2D eigenvalue weighted by atomic mass is 16.4. The molecule has 1 saturated heterocycles. The van der Waals surface area contributed by atoms with E-state index in [9.17, 15) is 9.59 Å². The van der Waals surface area contributed by atoms with Crippen LogP contribution in [0.15, 0.2) is 0 Å². The van der Waals surface area contributed by atoms with Gasteiger partial charge in [-0.25, -0.2) is 9.69 Å². The highest BCUT2D eigenvalue weighted by molar-refractivity contribution is 5.96. The molecule has 0 aromatic carbocycles. The normalized spacial score (nSPS) is 23.7. The van der Waals surface area contributed by atoms with Crippen LogP contribution in [0.5, 0.6) is 0 Å². The minimum Gasteiger partial charge on any atom is -0.465 e. The van der Waals surface area contributed by atoms with Gasteiger partial charge in [-0.2, -0.15) is 0 Å². The zero-order chi connectivity index (χ0) is 8.59. The number of β-lactam (4-membered cyclic amide) rings is 1. The summed E-state index contributed by atoms with van der Waals surface area (Å²) in [6, 6.07) is -0.0972. The first-order valence-corrected chi connectivity index (χ1v) is 3.59. The number of hydrogen-bond acceptors (Lipinski definition) is 2. The van der Waals surface area contributed by atoms with Crippen LogP contribution in [0, 0.1) is 5.92 Å². The Morgan fingerprint density at radius 2 is 2.27 bits per heavy atom. The molecule has 1 atom stereocenters. The summed E-state index contributed by atoms with van der Waals surface area (Å²) in [5.74, 6) is -0.0556. The third kappa shape index (κ3) is 1.20. The molecule has 62 valence electrons. The predicted octanol–water partition coefficient (Wildman–Crippen LogP) is 0.921. The van der Waals surface area contributed by atoms with E-state index in [0.29, 0.717) is 6.42 Å². The number of hydrogen-bond donors (Lipinski definition) is 1. The maximum absolute atomic E-state index is 10.7. The van der Waals surface area contributed by atoms with Crippen molar-refractivity contribution in [1.82, 2.24) is 4.90 Å². The number of carboxylic acid groups (broad SMARTS) is 1. The Bertz CT molecular complexity index is 192. The van der Waals surface area contributed by atoms with Crippen LogP contribution in [-0.4, -0.2) is 28.0 Å². The summed E-state index contributed by atoms with van der Waals surface area (Å²) in [7, 11) is 0. The molecule has 1 aliphatic rings. The minimum atomic E-state index is -1.13. The molecule has 1 aliphatic heterocycles. The number of rotatable bonds is 1. The lowest BCUT2D eigenvalue weighted by molar-refractivity contribution is -0.144. The molecular formula is C7H11NO3. The van der Waals surface area contributed by atoms with Crippen LogP contribution in [0.4, 0.5) is 4.79 Å². The van der Waals surface area contributed by atoms with E-state index in [4.69, 9.17) is 5.11 Å². The Kier molecular flexibility index (Phi) is 1.85. The van der Waals surface area contributed by atoms with Gasteiger partial charge in [-0.1, -0.05) is 13.8 Å². The van der Waals surface area contributed by atoms with Gasteiger partial charge in [0.15, 0.2) is 0 Å². The second-order valence-electron chi connectivity index (χ2n) is 3.06. The summed E-state index contributed by atoms with van der Waals surface area (Å²) in [5, 5.41) is 8.53. The number of nitrogens with zero attached hydrogens (tertiary/aromatic N) is 1. The molecule has 0 spiro atoms. The van der Waals surface area contributed by atoms with Crippen LogP contribution in [-0.2, 0) is 4.79 Å². The number of carbonyl (C=O) groups excluding carboxylic acids is 1. The summed E-state index contributed by atoms with van der Waals surface area (Å²) in [6.07, 6.45) is -0.746. The summed E-state index contributed by atoms with van der Waals surface area (Å²) < 4.78 is 0. The van der Waals surface area contributed by atoms with E-state index in [0.717, 1.165) is 4.90 Å². The molecule has 1 fully saturated rings. The summed E-state index contributed by atoms with van der Waals surface area (Å²) in [6.45, 7) is 3.82. The maximum Gasteiger partial charge on any atom is 0.414 e. The summed E-state index contributed by atoms with van der Waals surface area (Å²) >= 11 is 0. The van der Waals surface area contributed by atoms with E-state index in [1.807, 2.05) is 13.8 Å². The first-order valence-electron chi connectivity index (χ1n) is 3.59. The lowest BCUT2D eigenvalue weighted by atomic mass is 9.92. The van der Waals surface area contributed by atoms with Gasteiger partial charge in [0.05, 0.1) is 6.04 Å². The number of amides is 2. The highest BCUT2D eigenvalue weighted by Crippen LogP contribution is 2.25. The quantitative estimate of drug-likeness (QED) is 0.576. The monoisotopic (exact) mass is 157 g/mol. The Morgan fingerprint density at radius 1 is 1.73 bits per heavy atom. The van der Waals surface area contributed by atoms with E-state index in [-0.39, 0.29) is 17.9 Å². The molecule has 1 rings (SSSR count). The predicted molar refractivity (Wildman–Crippen MR) is 38.1 cm³/mol. The summed E-state index contributed by atoms with van der Waals surface area (Å²) in [4.78, 5) is 22.1. The lowest BCUT2D eigenvalue weighted by Crippen LogP contribution is -2.57. The van der Waals surface area contributed by atoms with Crippen LogP contribution >= 0.6 is 0 Å². The molecule has 11 heavy (non-hydrogen) atoms. The van der Waals surface area contributed by atoms with E-state index in [1.165, 1.54) is 0 Å². The average molecular weight is 157 g/mol. The number of imide groups is 1. The van der Waals surface area contributed by atoms with Gasteiger partial charge in [-0.05, 0) is 5.92 Å². The van der Waals surface area contributed by atoms with Crippen molar-refractivity contribution in [1.29, 1.82) is 0 Å². The molecule has 0 aromatic heterocycles. The van der Waals surface area contributed by atoms with Crippen molar-refractivity contribution >= 4 is 12.0 Å². The topological polar surface area (TPSA) is 57.6 Å². The van der Waals surface area contributed by atoms with Crippen molar-refractivity contribution in [3.63, 3.8) is 0 Å². The van der Waals surface area contributed by atoms with Gasteiger partial charge in [0.25, 0.3) is 0 Å². The first kappa shape index (κ1) is 8.04. The van der Waals surface area contributed by atoms with Crippen LogP contribution in [0.3, 0.4) is 0 Å². The molecule has 4 nitrogen and oxygen atoms in total. The van der Waals surface area contributed by atoms with Gasteiger partial charge >= 0.3 is 6.09 Å². The fourth-order valence-corrected chi connectivity index (χ4v) is 1.22. The Hall–Kier alpha value is -1.06. The van der Waals surface area contributed by atoms with Crippen LogP contribution in [0.2, 0.25) is 0 Å². The summed E-state index contributed by atoms with van der Waals surface area (Å²) in [5.41, 5.74) is 0. The van der Waals surface area contributed by atoms with Gasteiger partial charge in [-0.15, -0.1) is 0 Å². The fourth-order valence-electron chi connectivity index (χ4n) is 1.22. The van der Waals surface area contributed by atoms with Crippen molar-refractivity contribution in [2.45, 2.75) is 26.3 Å². The Balaban J connectivity index is 2.62. The SMILES string of the molecule is CC(C)C1CC(=O)N1C(=O)O. The van der Waals surface area contributed by atoms with E-state index >= 15 is 0 Å². The molecule has 1 heterocycles. The molecule has 1 unspecified atom stereocenters. The third-order valence-electron chi connectivity index (χ3n) is 1.96. The first-order chi connectivity index (χ1) is 5.04. The van der Waals surface area contributed by atoms with Crippen molar-refractivity contribution < 1.29 is 14.7 Å². The van der Waals surface area contributed by atoms with E-state index < -0.39 is 6.09 Å². The number of likely N-dealkylation sites (tertiary alicyclic amines) is 1. The van der Waals surface area contributed by atoms with Gasteiger partial charge in [0, 0.05) is 6.42 Å². The molecule has 0 bridgehead atoms. The van der Waals surface area contributed by atoms with E-state index in [2.05, 4.69) is 0 Å². The van der Waals surface area contributed by atoms with Crippen molar-refractivity contribution in [3.8, 4) is 0 Å². The molecular weight excluding hydrogens is 146 g/mol. The largest absolute Gasteiger partial charge is 0.465 e. The zero-order valence-corrected chi connectivity index (χ0v) is 6.57. The number of carbonyl (C=O) groups is 2. The van der Waals surface area contributed by atoms with Gasteiger partial charge in [-0.3, -0.25) is 4.79 Å². The average Bonchev–Trinajstić information content (AvgIpc) is 1.80. The lowest BCUT2D eigenvalue weighted by Gasteiger charge is -2.38. The van der Waals surface area contributed by atoms with Crippen LogP contribution in [0.25, 0.3) is 0 Å². The van der Waals surface area contributed by atoms with Crippen molar-refractivity contribution in [2.75, 3.05) is 0 Å². The van der Waals surface area contributed by atoms with E-state index in [1.54, 1.807) is 0 Å². The van der Waals surface area contributed by atoms with Gasteiger partial charge < -0.3 is 5.11 Å². The molecule has 0 aliphatic carbocycles. The molecule has 0 aromatic rings.